The predicted octanol–water partition coefficient (Wildman–Crippen LogP) is 2.19. The number of nitrogens with one attached hydrogen (secondary N) is 1. The molecule has 1 saturated heterocycles. The largest absolute Gasteiger partial charge is 0.378 e. The lowest BCUT2D eigenvalue weighted by atomic mass is 10.1. The molecule has 1 fully saturated rings. The number of para-hydroxylation sites is 1. The molecule has 3 rings (SSSR count). The fourth-order valence-corrected chi connectivity index (χ4v) is 3.02. The molecule has 2 aromatic rings. The summed E-state index contributed by atoms with van der Waals surface area (Å²) in [5, 5.41) is 3.36. The van der Waals surface area contributed by atoms with Gasteiger partial charge in [-0.3, -0.25) is 0 Å². The van der Waals surface area contributed by atoms with E-state index in [0.29, 0.717) is 6.10 Å². The number of hydrogen-bond donors (Lipinski definition) is 1. The van der Waals surface area contributed by atoms with Crippen LogP contribution in [-0.2, 0) is 18.2 Å². The summed E-state index contributed by atoms with van der Waals surface area (Å²) < 4.78 is 8.18. The Morgan fingerprint density at radius 1 is 1.35 bits per heavy atom. The summed E-state index contributed by atoms with van der Waals surface area (Å²) in [6.07, 6.45) is 3.56. The normalized spacial score (nSPS) is 16.9. The van der Waals surface area contributed by atoms with Crippen molar-refractivity contribution in [2.75, 3.05) is 19.7 Å². The second-order valence-corrected chi connectivity index (χ2v) is 5.60. The molecule has 1 aliphatic rings. The Morgan fingerprint density at radius 3 is 2.90 bits per heavy atom. The van der Waals surface area contributed by atoms with Gasteiger partial charge in [-0.15, -0.1) is 0 Å². The Morgan fingerprint density at radius 2 is 2.15 bits per heavy atom. The molecule has 1 N–H and O–H groups in total. The van der Waals surface area contributed by atoms with Gasteiger partial charge >= 0.3 is 0 Å². The van der Waals surface area contributed by atoms with Gasteiger partial charge < -0.3 is 14.6 Å². The minimum Gasteiger partial charge on any atom is -0.378 e. The molecule has 0 amide bonds. The Labute approximate surface area is 120 Å². The van der Waals surface area contributed by atoms with Crippen LogP contribution in [0.5, 0.6) is 0 Å². The molecule has 20 heavy (non-hydrogen) atoms. The molecule has 4 nitrogen and oxygen atoms in total. The van der Waals surface area contributed by atoms with Gasteiger partial charge in [0, 0.05) is 13.5 Å². The predicted molar refractivity (Wildman–Crippen MR) is 81.0 cm³/mol. The molecule has 0 unspecified atom stereocenters. The van der Waals surface area contributed by atoms with Gasteiger partial charge in [0.25, 0.3) is 0 Å². The SMILES string of the molecule is Cc1cccc2nc(CCOC3CCNCC3)n(C)c12. The van der Waals surface area contributed by atoms with Crippen molar-refractivity contribution in [1.82, 2.24) is 14.9 Å². The number of fused-ring (bicyclic) bond motifs is 1. The quantitative estimate of drug-likeness (QED) is 0.928. The summed E-state index contributed by atoms with van der Waals surface area (Å²) >= 11 is 0. The molecule has 0 bridgehead atoms. The van der Waals surface area contributed by atoms with Crippen LogP contribution < -0.4 is 5.32 Å². The lowest BCUT2D eigenvalue weighted by Crippen LogP contribution is -2.32. The highest BCUT2D eigenvalue weighted by Crippen LogP contribution is 2.19. The zero-order valence-corrected chi connectivity index (χ0v) is 12.4. The van der Waals surface area contributed by atoms with Crippen LogP contribution >= 0.6 is 0 Å². The summed E-state index contributed by atoms with van der Waals surface area (Å²) in [7, 11) is 2.10. The maximum absolute atomic E-state index is 5.97. The molecule has 0 atom stereocenters. The summed E-state index contributed by atoms with van der Waals surface area (Å²) in [6.45, 7) is 5.06. The Balaban J connectivity index is 1.65. The van der Waals surface area contributed by atoms with Crippen LogP contribution in [0.25, 0.3) is 11.0 Å². The average Bonchev–Trinajstić information content (AvgIpc) is 2.78. The van der Waals surface area contributed by atoms with E-state index in [1.165, 1.54) is 11.1 Å². The molecule has 0 radical (unpaired) electrons. The van der Waals surface area contributed by atoms with Gasteiger partial charge in [0.15, 0.2) is 0 Å². The number of hydrogen-bond acceptors (Lipinski definition) is 3. The summed E-state index contributed by atoms with van der Waals surface area (Å²) in [6, 6.07) is 6.29. The van der Waals surface area contributed by atoms with Gasteiger partial charge in [0.05, 0.1) is 23.7 Å². The van der Waals surface area contributed by atoms with E-state index in [-0.39, 0.29) is 0 Å². The molecular formula is C16H23N3O. The van der Waals surface area contributed by atoms with E-state index in [0.717, 1.165) is 50.3 Å². The van der Waals surface area contributed by atoms with Crippen molar-refractivity contribution >= 4 is 11.0 Å². The lowest BCUT2D eigenvalue weighted by Gasteiger charge is -2.22. The smallest absolute Gasteiger partial charge is 0.111 e. The Kier molecular flexibility index (Phi) is 4.03. The van der Waals surface area contributed by atoms with Crippen LogP contribution in [0.3, 0.4) is 0 Å². The highest BCUT2D eigenvalue weighted by Gasteiger charge is 2.14. The fraction of sp³-hybridized carbons (Fsp3) is 0.562. The van der Waals surface area contributed by atoms with E-state index >= 15 is 0 Å². The average molecular weight is 273 g/mol. The maximum atomic E-state index is 5.97. The first-order chi connectivity index (χ1) is 9.75. The maximum Gasteiger partial charge on any atom is 0.111 e. The van der Waals surface area contributed by atoms with Gasteiger partial charge in [0.2, 0.25) is 0 Å². The van der Waals surface area contributed by atoms with E-state index in [1.54, 1.807) is 0 Å². The molecule has 4 heteroatoms. The molecule has 1 aliphatic heterocycles. The van der Waals surface area contributed by atoms with Crippen molar-refractivity contribution in [2.45, 2.75) is 32.3 Å². The first kappa shape index (κ1) is 13.6. The molecule has 2 heterocycles. The number of nitrogens with zero attached hydrogens (tertiary/aromatic N) is 2. The zero-order chi connectivity index (χ0) is 13.9. The van der Waals surface area contributed by atoms with Crippen molar-refractivity contribution in [3.63, 3.8) is 0 Å². The number of aromatic nitrogens is 2. The van der Waals surface area contributed by atoms with Crippen LogP contribution in [0.4, 0.5) is 0 Å². The minimum absolute atomic E-state index is 0.424. The van der Waals surface area contributed by atoms with Gasteiger partial charge in [-0.05, 0) is 44.5 Å². The third-order valence-electron chi connectivity index (χ3n) is 4.15. The van der Waals surface area contributed by atoms with E-state index in [2.05, 4.69) is 42.1 Å². The Hall–Kier alpha value is -1.39. The summed E-state index contributed by atoms with van der Waals surface area (Å²) in [5.74, 6) is 1.11. The van der Waals surface area contributed by atoms with Crippen molar-refractivity contribution in [1.29, 1.82) is 0 Å². The zero-order valence-electron chi connectivity index (χ0n) is 12.4. The first-order valence-electron chi connectivity index (χ1n) is 7.49. The lowest BCUT2D eigenvalue weighted by molar-refractivity contribution is 0.0340. The van der Waals surface area contributed by atoms with Crippen LogP contribution in [-0.4, -0.2) is 35.4 Å². The van der Waals surface area contributed by atoms with E-state index in [1.807, 2.05) is 0 Å². The van der Waals surface area contributed by atoms with Crippen molar-refractivity contribution in [3.05, 3.63) is 29.6 Å². The van der Waals surface area contributed by atoms with Crippen molar-refractivity contribution < 1.29 is 4.74 Å². The molecule has 1 aromatic heterocycles. The topological polar surface area (TPSA) is 39.1 Å². The van der Waals surface area contributed by atoms with Crippen LogP contribution in [0.2, 0.25) is 0 Å². The monoisotopic (exact) mass is 273 g/mol. The second-order valence-electron chi connectivity index (χ2n) is 5.60. The third-order valence-corrected chi connectivity index (χ3v) is 4.15. The van der Waals surface area contributed by atoms with Gasteiger partial charge in [-0.25, -0.2) is 4.98 Å². The number of aryl methyl sites for hydroxylation is 2. The molecule has 0 saturated carbocycles. The number of imidazole rings is 1. The highest BCUT2D eigenvalue weighted by molar-refractivity contribution is 5.79. The number of ether oxygens (including phenoxy) is 1. The van der Waals surface area contributed by atoms with Gasteiger partial charge in [0.1, 0.15) is 5.82 Å². The summed E-state index contributed by atoms with van der Waals surface area (Å²) in [5.41, 5.74) is 3.61. The van der Waals surface area contributed by atoms with Crippen LogP contribution in [0.1, 0.15) is 24.2 Å². The van der Waals surface area contributed by atoms with Gasteiger partial charge in [-0.1, -0.05) is 12.1 Å². The number of piperidine rings is 1. The molecular weight excluding hydrogens is 250 g/mol. The van der Waals surface area contributed by atoms with E-state index in [4.69, 9.17) is 9.72 Å². The van der Waals surface area contributed by atoms with E-state index in [9.17, 15) is 0 Å². The summed E-state index contributed by atoms with van der Waals surface area (Å²) in [4.78, 5) is 4.73. The third kappa shape index (κ3) is 2.72. The van der Waals surface area contributed by atoms with Crippen molar-refractivity contribution in [2.24, 2.45) is 7.05 Å². The minimum atomic E-state index is 0.424. The van der Waals surface area contributed by atoms with Crippen LogP contribution in [0, 0.1) is 6.92 Å². The van der Waals surface area contributed by atoms with Gasteiger partial charge in [-0.2, -0.15) is 0 Å². The van der Waals surface area contributed by atoms with Crippen LogP contribution in [0.15, 0.2) is 18.2 Å². The number of benzene rings is 1. The second kappa shape index (κ2) is 5.94. The molecule has 0 aliphatic carbocycles. The van der Waals surface area contributed by atoms with Crippen molar-refractivity contribution in [3.8, 4) is 0 Å². The Bertz CT molecular complexity index is 585. The molecule has 0 spiro atoms. The molecule has 108 valence electrons. The first-order valence-corrected chi connectivity index (χ1v) is 7.49. The highest BCUT2D eigenvalue weighted by atomic mass is 16.5. The number of rotatable bonds is 4. The van der Waals surface area contributed by atoms with E-state index < -0.39 is 0 Å². The fourth-order valence-electron chi connectivity index (χ4n) is 3.02. The standard InChI is InChI=1S/C16H23N3O/c1-12-4-3-5-14-16(12)19(2)15(18-14)8-11-20-13-6-9-17-10-7-13/h3-5,13,17H,6-11H2,1-2H3. The molecule has 1 aromatic carbocycles.